The summed E-state index contributed by atoms with van der Waals surface area (Å²) < 4.78 is 5.87. The summed E-state index contributed by atoms with van der Waals surface area (Å²) >= 11 is 0. The minimum absolute atomic E-state index is 0.0841. The van der Waals surface area contributed by atoms with Crippen LogP contribution in [-0.4, -0.2) is 54.5 Å². The standard InChI is InChI=1S/C12H26N2O2/c1-12(2)10-14(6-4-3-5-7-15)9-11(8-13)16-12/h11,15H,3-10,13H2,1-2H3. The van der Waals surface area contributed by atoms with Gasteiger partial charge >= 0.3 is 0 Å². The average Bonchev–Trinajstić information content (AvgIpc) is 2.22. The van der Waals surface area contributed by atoms with Crippen molar-refractivity contribution in [3.05, 3.63) is 0 Å². The maximum Gasteiger partial charge on any atom is 0.0831 e. The number of ether oxygens (including phenoxy) is 1. The van der Waals surface area contributed by atoms with Gasteiger partial charge in [-0.15, -0.1) is 0 Å². The van der Waals surface area contributed by atoms with E-state index in [4.69, 9.17) is 15.6 Å². The van der Waals surface area contributed by atoms with E-state index in [2.05, 4.69) is 18.7 Å². The molecule has 96 valence electrons. The first-order valence-corrected chi connectivity index (χ1v) is 6.28. The summed E-state index contributed by atoms with van der Waals surface area (Å²) in [5.74, 6) is 0. The molecule has 0 saturated carbocycles. The summed E-state index contributed by atoms with van der Waals surface area (Å²) in [6, 6.07) is 0. The van der Waals surface area contributed by atoms with Gasteiger partial charge in [-0.2, -0.15) is 0 Å². The number of nitrogens with zero attached hydrogens (tertiary/aromatic N) is 1. The van der Waals surface area contributed by atoms with Crippen LogP contribution in [0, 0.1) is 0 Å². The van der Waals surface area contributed by atoms with Gasteiger partial charge in [0.2, 0.25) is 0 Å². The van der Waals surface area contributed by atoms with E-state index in [9.17, 15) is 0 Å². The number of aliphatic hydroxyl groups is 1. The molecule has 3 N–H and O–H groups in total. The van der Waals surface area contributed by atoms with Crippen LogP contribution in [0.3, 0.4) is 0 Å². The third kappa shape index (κ3) is 4.78. The lowest BCUT2D eigenvalue weighted by molar-refractivity contribution is -0.132. The Morgan fingerprint density at radius 1 is 1.38 bits per heavy atom. The van der Waals surface area contributed by atoms with Crippen molar-refractivity contribution >= 4 is 0 Å². The zero-order chi connectivity index (χ0) is 12.0. The second-order valence-corrected chi connectivity index (χ2v) is 5.25. The topological polar surface area (TPSA) is 58.7 Å². The number of aliphatic hydroxyl groups excluding tert-OH is 1. The maximum atomic E-state index is 8.72. The highest BCUT2D eigenvalue weighted by atomic mass is 16.5. The Labute approximate surface area is 98.8 Å². The Morgan fingerprint density at radius 2 is 2.12 bits per heavy atom. The van der Waals surface area contributed by atoms with Crippen molar-refractivity contribution in [1.29, 1.82) is 0 Å². The van der Waals surface area contributed by atoms with Crippen LogP contribution in [0.2, 0.25) is 0 Å². The molecule has 0 aromatic carbocycles. The highest BCUT2D eigenvalue weighted by Gasteiger charge is 2.32. The van der Waals surface area contributed by atoms with E-state index in [0.717, 1.165) is 38.9 Å². The number of rotatable bonds is 6. The molecule has 0 aromatic rings. The number of unbranched alkanes of at least 4 members (excludes halogenated alkanes) is 2. The van der Waals surface area contributed by atoms with Crippen LogP contribution >= 0.6 is 0 Å². The van der Waals surface area contributed by atoms with E-state index < -0.39 is 0 Å². The molecule has 0 spiro atoms. The van der Waals surface area contributed by atoms with Crippen LogP contribution in [0.5, 0.6) is 0 Å². The zero-order valence-corrected chi connectivity index (χ0v) is 10.6. The average molecular weight is 230 g/mol. The molecule has 1 atom stereocenters. The Morgan fingerprint density at radius 3 is 2.75 bits per heavy atom. The van der Waals surface area contributed by atoms with E-state index in [-0.39, 0.29) is 11.7 Å². The Balaban J connectivity index is 2.29. The van der Waals surface area contributed by atoms with E-state index in [1.54, 1.807) is 0 Å². The normalized spacial score (nSPS) is 25.9. The largest absolute Gasteiger partial charge is 0.396 e. The van der Waals surface area contributed by atoms with Gasteiger partial charge in [-0.25, -0.2) is 0 Å². The first-order valence-electron chi connectivity index (χ1n) is 6.28. The van der Waals surface area contributed by atoms with Crippen molar-refractivity contribution in [2.45, 2.75) is 44.8 Å². The number of nitrogens with two attached hydrogens (primary N) is 1. The molecular weight excluding hydrogens is 204 g/mol. The minimum Gasteiger partial charge on any atom is -0.396 e. The second kappa shape index (κ2) is 6.55. The number of hydrogen-bond acceptors (Lipinski definition) is 4. The molecule has 16 heavy (non-hydrogen) atoms. The first-order chi connectivity index (χ1) is 7.57. The van der Waals surface area contributed by atoms with Gasteiger partial charge in [-0.05, 0) is 39.7 Å². The van der Waals surface area contributed by atoms with Crippen molar-refractivity contribution in [2.24, 2.45) is 5.73 Å². The third-order valence-electron chi connectivity index (χ3n) is 2.95. The van der Waals surface area contributed by atoms with Crippen LogP contribution in [0.1, 0.15) is 33.1 Å². The van der Waals surface area contributed by atoms with Crippen molar-refractivity contribution in [1.82, 2.24) is 4.90 Å². The van der Waals surface area contributed by atoms with Gasteiger partial charge in [0.05, 0.1) is 11.7 Å². The molecule has 0 aromatic heterocycles. The summed E-state index contributed by atoms with van der Waals surface area (Å²) in [7, 11) is 0. The fraction of sp³-hybridized carbons (Fsp3) is 1.00. The predicted molar refractivity (Wildman–Crippen MR) is 65.4 cm³/mol. The summed E-state index contributed by atoms with van der Waals surface area (Å²) in [6.45, 7) is 8.15. The Hall–Kier alpha value is -0.160. The molecule has 1 rings (SSSR count). The SMILES string of the molecule is CC1(C)CN(CCCCCO)CC(CN)O1. The number of hydrogen-bond donors (Lipinski definition) is 2. The molecule has 1 fully saturated rings. The molecule has 0 amide bonds. The molecule has 4 nitrogen and oxygen atoms in total. The monoisotopic (exact) mass is 230 g/mol. The van der Waals surface area contributed by atoms with Crippen LogP contribution in [0.25, 0.3) is 0 Å². The van der Waals surface area contributed by atoms with Gasteiger partial charge in [0.15, 0.2) is 0 Å². The zero-order valence-electron chi connectivity index (χ0n) is 10.6. The quantitative estimate of drug-likeness (QED) is 0.656. The van der Waals surface area contributed by atoms with E-state index in [0.29, 0.717) is 13.2 Å². The number of morpholine rings is 1. The molecular formula is C12H26N2O2. The summed E-state index contributed by atoms with van der Waals surface area (Å²) in [6.07, 6.45) is 3.32. The molecule has 0 bridgehead atoms. The summed E-state index contributed by atoms with van der Waals surface area (Å²) in [4.78, 5) is 2.43. The lowest BCUT2D eigenvalue weighted by Crippen LogP contribution is -2.54. The molecule has 0 aliphatic carbocycles. The van der Waals surface area contributed by atoms with Gasteiger partial charge in [0.1, 0.15) is 0 Å². The summed E-state index contributed by atoms with van der Waals surface area (Å²) in [5.41, 5.74) is 5.59. The van der Waals surface area contributed by atoms with E-state index >= 15 is 0 Å². The molecule has 0 radical (unpaired) electrons. The first kappa shape index (κ1) is 13.9. The lowest BCUT2D eigenvalue weighted by atomic mass is 10.0. The van der Waals surface area contributed by atoms with Crippen LogP contribution < -0.4 is 5.73 Å². The molecule has 1 unspecified atom stereocenters. The molecule has 4 heteroatoms. The predicted octanol–water partition coefficient (Wildman–Crippen LogP) is 0.587. The molecule has 1 saturated heterocycles. The highest BCUT2D eigenvalue weighted by molar-refractivity contribution is 4.84. The third-order valence-corrected chi connectivity index (χ3v) is 2.95. The molecule has 1 heterocycles. The molecule has 1 aliphatic rings. The van der Waals surface area contributed by atoms with Crippen molar-refractivity contribution in [3.63, 3.8) is 0 Å². The second-order valence-electron chi connectivity index (χ2n) is 5.25. The van der Waals surface area contributed by atoms with Crippen LogP contribution in [0.4, 0.5) is 0 Å². The van der Waals surface area contributed by atoms with Crippen molar-refractivity contribution in [3.8, 4) is 0 Å². The maximum absolute atomic E-state index is 8.72. The van der Waals surface area contributed by atoms with Crippen LogP contribution in [-0.2, 0) is 4.74 Å². The fourth-order valence-electron chi connectivity index (χ4n) is 2.33. The van der Waals surface area contributed by atoms with E-state index in [1.165, 1.54) is 0 Å². The van der Waals surface area contributed by atoms with Gasteiger partial charge in [0, 0.05) is 26.2 Å². The highest BCUT2D eigenvalue weighted by Crippen LogP contribution is 2.20. The minimum atomic E-state index is -0.0841. The van der Waals surface area contributed by atoms with Gasteiger partial charge < -0.3 is 15.6 Å². The summed E-state index contributed by atoms with van der Waals surface area (Å²) in [5, 5.41) is 8.72. The Bertz CT molecular complexity index is 197. The lowest BCUT2D eigenvalue weighted by Gasteiger charge is -2.42. The molecule has 1 aliphatic heterocycles. The van der Waals surface area contributed by atoms with Gasteiger partial charge in [-0.3, -0.25) is 4.90 Å². The van der Waals surface area contributed by atoms with E-state index in [1.807, 2.05) is 0 Å². The fourth-order valence-corrected chi connectivity index (χ4v) is 2.33. The Kier molecular flexibility index (Phi) is 5.69. The van der Waals surface area contributed by atoms with Gasteiger partial charge in [-0.1, -0.05) is 0 Å². The van der Waals surface area contributed by atoms with Gasteiger partial charge in [0.25, 0.3) is 0 Å². The van der Waals surface area contributed by atoms with Crippen molar-refractivity contribution in [2.75, 3.05) is 32.8 Å². The van der Waals surface area contributed by atoms with Crippen LogP contribution in [0.15, 0.2) is 0 Å². The smallest absolute Gasteiger partial charge is 0.0831 e. The van der Waals surface area contributed by atoms with Crippen molar-refractivity contribution < 1.29 is 9.84 Å².